The topological polar surface area (TPSA) is 61.3 Å². The van der Waals surface area contributed by atoms with E-state index in [1.54, 1.807) is 13.2 Å². The SMILES string of the molecule is CCCCCc1onc(N)c1-c1cc(Cl)ccc1OC. The number of nitrogens with two attached hydrogens (primary N) is 1. The van der Waals surface area contributed by atoms with E-state index < -0.39 is 0 Å². The Morgan fingerprint density at radius 3 is 2.85 bits per heavy atom. The maximum atomic E-state index is 6.07. The first-order chi connectivity index (χ1) is 9.67. The molecule has 20 heavy (non-hydrogen) atoms. The van der Waals surface area contributed by atoms with Gasteiger partial charge in [-0.25, -0.2) is 0 Å². The number of rotatable bonds is 6. The minimum Gasteiger partial charge on any atom is -0.496 e. The number of unbranched alkanes of at least 4 members (excludes halogenated alkanes) is 2. The summed E-state index contributed by atoms with van der Waals surface area (Å²) in [6.45, 7) is 2.16. The predicted molar refractivity (Wildman–Crippen MR) is 81.1 cm³/mol. The molecule has 108 valence electrons. The zero-order valence-corrected chi connectivity index (χ0v) is 12.5. The number of aryl methyl sites for hydroxylation is 1. The van der Waals surface area contributed by atoms with Crippen molar-refractivity contribution in [3.8, 4) is 16.9 Å². The quantitative estimate of drug-likeness (QED) is 0.806. The van der Waals surface area contributed by atoms with Gasteiger partial charge in [0.15, 0.2) is 5.82 Å². The number of aromatic nitrogens is 1. The molecule has 0 aliphatic carbocycles. The standard InChI is InChI=1S/C15H19ClN2O2/c1-3-4-5-6-13-14(15(17)18-20-13)11-9-10(16)7-8-12(11)19-2/h7-9H,3-6H2,1-2H3,(H2,17,18). The summed E-state index contributed by atoms with van der Waals surface area (Å²) in [5, 5.41) is 4.51. The number of nitrogen functional groups attached to an aromatic ring is 1. The van der Waals surface area contributed by atoms with Crippen molar-refractivity contribution in [2.45, 2.75) is 32.6 Å². The smallest absolute Gasteiger partial charge is 0.175 e. The van der Waals surface area contributed by atoms with Crippen LogP contribution in [0.4, 0.5) is 5.82 Å². The van der Waals surface area contributed by atoms with Crippen LogP contribution >= 0.6 is 11.6 Å². The Balaban J connectivity index is 2.41. The molecule has 0 saturated heterocycles. The molecule has 1 aromatic heterocycles. The lowest BCUT2D eigenvalue weighted by atomic mass is 10.0. The second-order valence-corrected chi connectivity index (χ2v) is 5.10. The van der Waals surface area contributed by atoms with Crippen LogP contribution in [0.25, 0.3) is 11.1 Å². The number of nitrogens with zero attached hydrogens (tertiary/aromatic N) is 1. The van der Waals surface area contributed by atoms with Crippen LogP contribution in [0.3, 0.4) is 0 Å². The molecule has 0 amide bonds. The molecule has 0 aliphatic heterocycles. The summed E-state index contributed by atoms with van der Waals surface area (Å²) in [6.07, 6.45) is 4.15. The van der Waals surface area contributed by atoms with E-state index in [2.05, 4.69) is 12.1 Å². The van der Waals surface area contributed by atoms with Gasteiger partial charge in [0.1, 0.15) is 11.5 Å². The highest BCUT2D eigenvalue weighted by Crippen LogP contribution is 2.38. The van der Waals surface area contributed by atoms with Gasteiger partial charge in [-0.2, -0.15) is 0 Å². The molecule has 0 spiro atoms. The minimum absolute atomic E-state index is 0.372. The molecular formula is C15H19ClN2O2. The van der Waals surface area contributed by atoms with Gasteiger partial charge in [0.2, 0.25) is 0 Å². The molecule has 0 radical (unpaired) electrons. The zero-order chi connectivity index (χ0) is 14.5. The first-order valence-corrected chi connectivity index (χ1v) is 7.13. The van der Waals surface area contributed by atoms with Gasteiger partial charge in [0.05, 0.1) is 12.7 Å². The summed E-state index contributed by atoms with van der Waals surface area (Å²) >= 11 is 6.07. The molecule has 0 aliphatic rings. The van der Waals surface area contributed by atoms with Crippen molar-refractivity contribution in [1.29, 1.82) is 0 Å². The molecule has 5 heteroatoms. The lowest BCUT2D eigenvalue weighted by molar-refractivity contribution is 0.382. The van der Waals surface area contributed by atoms with E-state index >= 15 is 0 Å². The second-order valence-electron chi connectivity index (χ2n) is 4.67. The molecule has 2 rings (SSSR count). The van der Waals surface area contributed by atoms with Crippen LogP contribution in [-0.4, -0.2) is 12.3 Å². The Morgan fingerprint density at radius 2 is 2.15 bits per heavy atom. The first-order valence-electron chi connectivity index (χ1n) is 6.75. The molecule has 0 fully saturated rings. The van der Waals surface area contributed by atoms with E-state index in [-0.39, 0.29) is 0 Å². The van der Waals surface area contributed by atoms with E-state index in [4.69, 9.17) is 26.6 Å². The van der Waals surface area contributed by atoms with Crippen molar-refractivity contribution in [3.63, 3.8) is 0 Å². The van der Waals surface area contributed by atoms with Crippen LogP contribution in [0, 0.1) is 0 Å². The third-order valence-corrected chi connectivity index (χ3v) is 3.46. The highest BCUT2D eigenvalue weighted by atomic mass is 35.5. The molecular weight excluding hydrogens is 276 g/mol. The molecule has 4 nitrogen and oxygen atoms in total. The van der Waals surface area contributed by atoms with Gasteiger partial charge in [-0.05, 0) is 24.6 Å². The number of hydrogen-bond donors (Lipinski definition) is 1. The normalized spacial score (nSPS) is 10.8. The van der Waals surface area contributed by atoms with Crippen LogP contribution in [0.2, 0.25) is 5.02 Å². The van der Waals surface area contributed by atoms with Crippen LogP contribution < -0.4 is 10.5 Å². The number of methoxy groups -OCH3 is 1. The fourth-order valence-corrected chi connectivity index (χ4v) is 2.38. The molecule has 2 N–H and O–H groups in total. The van der Waals surface area contributed by atoms with Gasteiger partial charge >= 0.3 is 0 Å². The molecule has 0 atom stereocenters. The van der Waals surface area contributed by atoms with Gasteiger partial charge in [-0.3, -0.25) is 0 Å². The number of anilines is 1. The van der Waals surface area contributed by atoms with Gasteiger partial charge in [-0.1, -0.05) is 36.5 Å². The van der Waals surface area contributed by atoms with E-state index in [1.165, 1.54) is 0 Å². The third kappa shape index (κ3) is 3.07. The number of hydrogen-bond acceptors (Lipinski definition) is 4. The Kier molecular flexibility index (Phi) is 4.90. The van der Waals surface area contributed by atoms with E-state index in [0.29, 0.717) is 16.6 Å². The minimum atomic E-state index is 0.372. The Hall–Kier alpha value is -1.68. The Labute approximate surface area is 123 Å². The summed E-state index contributed by atoms with van der Waals surface area (Å²) in [5.74, 6) is 1.87. The fraction of sp³-hybridized carbons (Fsp3) is 0.400. The summed E-state index contributed by atoms with van der Waals surface area (Å²) in [4.78, 5) is 0. The van der Waals surface area contributed by atoms with Crippen molar-refractivity contribution >= 4 is 17.4 Å². The van der Waals surface area contributed by atoms with E-state index in [9.17, 15) is 0 Å². The van der Waals surface area contributed by atoms with Crippen molar-refractivity contribution in [2.75, 3.05) is 12.8 Å². The average Bonchev–Trinajstić information content (AvgIpc) is 2.80. The lowest BCUT2D eigenvalue weighted by Gasteiger charge is -2.09. The molecule has 1 aromatic carbocycles. The number of halogens is 1. The molecule has 0 bridgehead atoms. The van der Waals surface area contributed by atoms with E-state index in [0.717, 1.165) is 42.6 Å². The summed E-state index contributed by atoms with van der Waals surface area (Å²) in [6, 6.07) is 5.43. The van der Waals surface area contributed by atoms with Gasteiger partial charge in [0, 0.05) is 17.0 Å². The van der Waals surface area contributed by atoms with Crippen molar-refractivity contribution < 1.29 is 9.26 Å². The summed E-state index contributed by atoms with van der Waals surface area (Å²) in [5.41, 5.74) is 7.56. The zero-order valence-electron chi connectivity index (χ0n) is 11.8. The summed E-state index contributed by atoms with van der Waals surface area (Å²) < 4.78 is 10.7. The largest absolute Gasteiger partial charge is 0.496 e. The van der Waals surface area contributed by atoms with Gasteiger partial charge < -0.3 is 15.0 Å². The molecule has 1 heterocycles. The third-order valence-electron chi connectivity index (χ3n) is 3.23. The Bertz CT molecular complexity index is 581. The number of ether oxygens (including phenoxy) is 1. The number of benzene rings is 1. The van der Waals surface area contributed by atoms with Gasteiger partial charge in [0.25, 0.3) is 0 Å². The van der Waals surface area contributed by atoms with Crippen molar-refractivity contribution in [1.82, 2.24) is 5.16 Å². The molecule has 0 saturated carbocycles. The van der Waals surface area contributed by atoms with Crippen LogP contribution in [-0.2, 0) is 6.42 Å². The highest BCUT2D eigenvalue weighted by molar-refractivity contribution is 6.31. The van der Waals surface area contributed by atoms with Crippen LogP contribution in [0.15, 0.2) is 22.7 Å². The summed E-state index contributed by atoms with van der Waals surface area (Å²) in [7, 11) is 1.62. The molecule has 2 aromatic rings. The van der Waals surface area contributed by atoms with Gasteiger partial charge in [-0.15, -0.1) is 0 Å². The highest BCUT2D eigenvalue weighted by Gasteiger charge is 2.19. The maximum absolute atomic E-state index is 6.07. The van der Waals surface area contributed by atoms with Crippen LogP contribution in [0.5, 0.6) is 5.75 Å². The van der Waals surface area contributed by atoms with E-state index in [1.807, 2.05) is 12.1 Å². The second kappa shape index (κ2) is 6.66. The molecule has 0 unspecified atom stereocenters. The van der Waals surface area contributed by atoms with Crippen molar-refractivity contribution in [2.24, 2.45) is 0 Å². The maximum Gasteiger partial charge on any atom is 0.175 e. The lowest BCUT2D eigenvalue weighted by Crippen LogP contribution is -1.94. The van der Waals surface area contributed by atoms with Crippen LogP contribution in [0.1, 0.15) is 31.9 Å². The van der Waals surface area contributed by atoms with Crippen molar-refractivity contribution in [3.05, 3.63) is 29.0 Å². The Morgan fingerprint density at radius 1 is 1.35 bits per heavy atom. The fourth-order valence-electron chi connectivity index (χ4n) is 2.21. The first kappa shape index (κ1) is 14.7. The average molecular weight is 295 g/mol. The predicted octanol–water partition coefficient (Wildman–Crippen LogP) is 4.32. The monoisotopic (exact) mass is 294 g/mol.